The van der Waals surface area contributed by atoms with Gasteiger partial charge in [-0.25, -0.2) is 9.97 Å². The second-order valence-electron chi connectivity index (χ2n) is 10.9. The number of carboxylic acid groups (broad SMARTS) is 1. The van der Waals surface area contributed by atoms with Gasteiger partial charge in [0.15, 0.2) is 0 Å². The second kappa shape index (κ2) is 14.6. The zero-order chi connectivity index (χ0) is 30.3. The number of allylic oxidation sites excluding steroid dienone is 6. The van der Waals surface area contributed by atoms with Crippen LogP contribution in [-0.2, 0) is 39.5 Å². The van der Waals surface area contributed by atoms with E-state index in [1.807, 2.05) is 52.0 Å². The van der Waals surface area contributed by atoms with Gasteiger partial charge in [0.2, 0.25) is 0 Å². The molecule has 2 aliphatic heterocycles. The van der Waals surface area contributed by atoms with Crippen molar-refractivity contribution in [3.8, 4) is 0 Å². The molecule has 0 atom stereocenters. The summed E-state index contributed by atoms with van der Waals surface area (Å²) in [7, 11) is 0. The summed E-state index contributed by atoms with van der Waals surface area (Å²) in [5.74, 6) is -1.02. The van der Waals surface area contributed by atoms with Crippen LogP contribution in [0.4, 0.5) is 0 Å². The molecule has 0 amide bonds. The van der Waals surface area contributed by atoms with E-state index in [2.05, 4.69) is 13.2 Å². The van der Waals surface area contributed by atoms with E-state index in [1.165, 1.54) is 0 Å². The topological polar surface area (TPSA) is 111 Å². The first kappa shape index (κ1) is 35.9. The molecule has 5 heterocycles. The molecule has 0 spiro atoms. The second-order valence-corrected chi connectivity index (χ2v) is 10.9. The Morgan fingerprint density at radius 1 is 0.727 bits per heavy atom. The van der Waals surface area contributed by atoms with Crippen LogP contribution in [0.15, 0.2) is 49.6 Å². The number of carbonyl (C=O) groups is 2. The smallest absolute Gasteiger partial charge is 0.657 e. The van der Waals surface area contributed by atoms with Crippen molar-refractivity contribution in [2.45, 2.75) is 60.3 Å². The van der Waals surface area contributed by atoms with Gasteiger partial charge in [-0.05, 0) is 71.1 Å². The molecule has 5 rings (SSSR count). The maximum absolute atomic E-state index is 12.0. The van der Waals surface area contributed by atoms with Crippen molar-refractivity contribution in [1.82, 2.24) is 19.9 Å². The molecule has 0 aromatic carbocycles. The Morgan fingerprint density at radius 2 is 1.16 bits per heavy atom. The van der Waals surface area contributed by atoms with Gasteiger partial charge in [0, 0.05) is 23.5 Å². The third kappa shape index (κ3) is 6.95. The normalized spacial score (nSPS) is 12.5. The molecule has 3 aromatic heterocycles. The third-order valence-electron chi connectivity index (χ3n) is 8.19. The molecule has 0 saturated heterocycles. The number of ketones is 1. The van der Waals surface area contributed by atoms with Crippen molar-refractivity contribution < 1.29 is 83.1 Å². The first-order valence-corrected chi connectivity index (χ1v) is 14.0. The number of carbonyl (C=O) groups excluding carboxylic acids is 2. The van der Waals surface area contributed by atoms with Gasteiger partial charge >= 0.3 is 68.5 Å². The quantitative estimate of drug-likeness (QED) is 0.344. The van der Waals surface area contributed by atoms with Crippen LogP contribution in [-0.4, -0.2) is 21.7 Å². The summed E-state index contributed by atoms with van der Waals surface area (Å²) < 4.78 is 0. The number of fused-ring (bicyclic) bond motifs is 8. The van der Waals surface area contributed by atoms with Crippen molar-refractivity contribution in [1.29, 1.82) is 0 Å². The Hall–Kier alpha value is -2.62. The van der Waals surface area contributed by atoms with Crippen molar-refractivity contribution in [2.24, 2.45) is 0 Å². The van der Waals surface area contributed by atoms with Crippen LogP contribution in [0.1, 0.15) is 78.6 Å². The van der Waals surface area contributed by atoms with E-state index < -0.39 is 5.97 Å². The van der Waals surface area contributed by atoms with Gasteiger partial charge in [0.1, 0.15) is 5.78 Å². The average molecular weight is 653 g/mol. The van der Waals surface area contributed by atoms with Crippen LogP contribution < -0.4 is 66.5 Å². The van der Waals surface area contributed by atoms with E-state index in [1.54, 1.807) is 19.1 Å². The maximum Gasteiger partial charge on any atom is 2.00 e. The summed E-state index contributed by atoms with van der Waals surface area (Å²) in [4.78, 5) is 43.2. The third-order valence-corrected chi connectivity index (χ3v) is 8.19. The van der Waals surface area contributed by atoms with E-state index in [9.17, 15) is 14.7 Å². The van der Waals surface area contributed by atoms with Gasteiger partial charge in [-0.2, -0.15) is 0 Å². The number of carboxylic acids is 1. The fraction of sp³-hybridized carbons (Fsp3) is 0.257. The van der Waals surface area contributed by atoms with Gasteiger partial charge < -0.3 is 24.7 Å². The van der Waals surface area contributed by atoms with E-state index in [-0.39, 0.29) is 87.1 Å². The maximum atomic E-state index is 12.0. The van der Waals surface area contributed by atoms with Crippen LogP contribution in [0.2, 0.25) is 0 Å². The minimum Gasteiger partial charge on any atom is -0.657 e. The number of nitrogens with zero attached hydrogens (tertiary/aromatic N) is 4. The molecule has 9 heteroatoms. The monoisotopic (exact) mass is 652 g/mol. The van der Waals surface area contributed by atoms with Crippen LogP contribution in [0.3, 0.4) is 0 Å². The molecular formula is C35H33FeKN4O3. The van der Waals surface area contributed by atoms with E-state index >= 15 is 0 Å². The van der Waals surface area contributed by atoms with Gasteiger partial charge in [0.25, 0.3) is 0 Å². The van der Waals surface area contributed by atoms with Gasteiger partial charge in [-0.15, -0.1) is 22.1 Å². The van der Waals surface area contributed by atoms with E-state index in [0.29, 0.717) is 29.4 Å². The van der Waals surface area contributed by atoms with Crippen LogP contribution in [0.25, 0.3) is 44.4 Å². The molecule has 0 saturated carbocycles. The van der Waals surface area contributed by atoms with Crippen LogP contribution >= 0.6 is 0 Å². The number of hydrogen-bond acceptors (Lipinski definition) is 5. The SMILES string of the molecule is C=CC1=C(C)c2cc3[n-]c(cc4[n-]c(cc5nc(cc1n2)C(C)=C5C=C)c(C)c4CCC(C)=O)c(CCC(=O)[O-])c3C.[Fe+2].[K+]. The van der Waals surface area contributed by atoms with E-state index in [4.69, 9.17) is 19.9 Å². The number of aliphatic carboxylic acids is 1. The zero-order valence-electron chi connectivity index (χ0n) is 26.1. The van der Waals surface area contributed by atoms with Crippen molar-refractivity contribution >= 4 is 56.1 Å². The molecule has 0 radical (unpaired) electrons. The molecule has 0 unspecified atom stereocenters. The fourth-order valence-corrected chi connectivity index (χ4v) is 5.68. The summed E-state index contributed by atoms with van der Waals surface area (Å²) in [6.07, 6.45) is 4.67. The predicted molar refractivity (Wildman–Crippen MR) is 166 cm³/mol. The summed E-state index contributed by atoms with van der Waals surface area (Å²) in [6, 6.07) is 7.77. The van der Waals surface area contributed by atoms with Gasteiger partial charge in [-0.3, -0.25) is 0 Å². The van der Waals surface area contributed by atoms with Crippen molar-refractivity contribution in [3.05, 3.63) is 94.6 Å². The first-order chi connectivity index (χ1) is 20.0. The number of Topliss-reactive ketones (excluding diaryl/α,β-unsaturated/α-hetero) is 1. The molecule has 0 aliphatic carbocycles. The summed E-state index contributed by atoms with van der Waals surface area (Å²) >= 11 is 0. The van der Waals surface area contributed by atoms with Gasteiger partial charge in [0.05, 0.1) is 22.8 Å². The molecule has 220 valence electrons. The molecule has 0 N–H and O–H groups in total. The van der Waals surface area contributed by atoms with Crippen molar-refractivity contribution in [3.63, 3.8) is 0 Å². The van der Waals surface area contributed by atoms with Gasteiger partial charge in [-0.1, -0.05) is 65.8 Å². The van der Waals surface area contributed by atoms with E-state index in [0.717, 1.165) is 72.8 Å². The number of aromatic nitrogens is 4. The molecule has 3 aromatic rings. The Balaban J connectivity index is 0.00000264. The van der Waals surface area contributed by atoms with Crippen LogP contribution in [0, 0.1) is 13.8 Å². The van der Waals surface area contributed by atoms with Crippen LogP contribution in [0.5, 0.6) is 0 Å². The molecule has 0 fully saturated rings. The summed E-state index contributed by atoms with van der Waals surface area (Å²) in [5.41, 5.74) is 13.3. The summed E-state index contributed by atoms with van der Waals surface area (Å²) in [6.45, 7) is 17.6. The number of rotatable bonds is 8. The minimum absolute atomic E-state index is 0. The van der Waals surface area contributed by atoms with Crippen molar-refractivity contribution in [2.75, 3.05) is 0 Å². The zero-order valence-corrected chi connectivity index (χ0v) is 30.3. The molecular weight excluding hydrogens is 619 g/mol. The predicted octanol–water partition coefficient (Wildman–Crippen LogP) is 2.63. The number of aryl methyl sites for hydroxylation is 4. The molecule has 44 heavy (non-hydrogen) atoms. The Bertz CT molecular complexity index is 1930. The minimum atomic E-state index is -1.12. The Kier molecular flexibility index (Phi) is 11.9. The first-order valence-electron chi connectivity index (χ1n) is 14.0. The number of hydrogen-bond donors (Lipinski definition) is 0. The molecule has 8 bridgehead atoms. The average Bonchev–Trinajstić information content (AvgIpc) is 3.59. The summed E-state index contributed by atoms with van der Waals surface area (Å²) in [5, 5.41) is 11.4. The molecule has 2 aliphatic rings. The Morgan fingerprint density at radius 3 is 1.61 bits per heavy atom. The Labute approximate surface area is 311 Å². The largest absolute Gasteiger partial charge is 2.00 e. The standard InChI is InChI=1S/C35H35N4O3.Fe.K/c1-8-23-19(4)27-14-28-22(7)26(12-13-35(41)42)34(38-28)17-33-25(11-10-18(3)40)21(6)30(39-33)16-32-24(9-2)20(5)29(37-32)15-31(23)36-27;;/h8-9,14-17H,1-2,10-13H2,3-7H3,(H2-,36,37,38,39,41,42);;/q-1;+2;+1/p-2. The fourth-order valence-electron chi connectivity index (χ4n) is 5.68. The molecule has 7 nitrogen and oxygen atoms in total.